The molecular weight excluding hydrogens is 417 g/mol. The topological polar surface area (TPSA) is 57.7 Å². The number of carbonyl (C=O) groups is 1. The lowest BCUT2D eigenvalue weighted by Gasteiger charge is -2.24. The first-order chi connectivity index (χ1) is 14.0. The quantitative estimate of drug-likeness (QED) is 0.683. The fourth-order valence-corrected chi connectivity index (χ4v) is 6.22. The molecule has 2 amide bonds. The minimum Gasteiger partial charge on any atom is -0.314 e. The zero-order valence-corrected chi connectivity index (χ0v) is 17.3. The number of hydrogen-bond acceptors (Lipinski definition) is 3. The molecule has 2 heterocycles. The Balaban J connectivity index is 1.72. The fraction of sp³-hybridized carbons (Fsp3) is 0.381. The molecule has 4 rings (SSSR count). The second-order valence-electron chi connectivity index (χ2n) is 7.98. The highest BCUT2D eigenvalue weighted by Crippen LogP contribution is 2.38. The Labute approximate surface area is 173 Å². The molecule has 160 valence electrons. The lowest BCUT2D eigenvalue weighted by atomic mass is 10.1. The summed E-state index contributed by atoms with van der Waals surface area (Å²) in [7, 11) is -3.36. The van der Waals surface area contributed by atoms with Gasteiger partial charge in [-0.2, -0.15) is 13.2 Å². The predicted octanol–water partition coefficient (Wildman–Crippen LogP) is 3.93. The Morgan fingerprint density at radius 2 is 1.73 bits per heavy atom. The summed E-state index contributed by atoms with van der Waals surface area (Å²) < 4.78 is 63.9. The van der Waals surface area contributed by atoms with Crippen molar-refractivity contribution in [2.45, 2.75) is 38.7 Å². The first-order valence-electron chi connectivity index (χ1n) is 9.50. The molecule has 0 radical (unpaired) electrons. The number of nitrogens with zero attached hydrogens (tertiary/aromatic N) is 2. The largest absolute Gasteiger partial charge is 0.416 e. The average Bonchev–Trinajstić information content (AvgIpc) is 3.08. The van der Waals surface area contributed by atoms with Crippen molar-refractivity contribution in [1.29, 1.82) is 0 Å². The van der Waals surface area contributed by atoms with Crippen LogP contribution in [0.3, 0.4) is 0 Å². The summed E-state index contributed by atoms with van der Waals surface area (Å²) in [5.41, 5.74) is 1.91. The molecule has 5 nitrogen and oxygen atoms in total. The van der Waals surface area contributed by atoms with Crippen molar-refractivity contribution >= 4 is 21.6 Å². The lowest BCUT2D eigenvalue weighted by molar-refractivity contribution is -0.137. The average molecular weight is 438 g/mol. The molecule has 0 aliphatic carbocycles. The molecule has 0 N–H and O–H groups in total. The molecule has 30 heavy (non-hydrogen) atoms. The van der Waals surface area contributed by atoms with Gasteiger partial charge in [0.05, 0.1) is 29.2 Å². The maximum Gasteiger partial charge on any atom is 0.416 e. The Bertz CT molecular complexity index is 1110. The highest BCUT2D eigenvalue weighted by Gasteiger charge is 2.54. The summed E-state index contributed by atoms with van der Waals surface area (Å²) in [5.74, 6) is -0.348. The molecule has 2 aromatic carbocycles. The standard InChI is InChI=1S/C21H21F3N2O3S/c1-13-6-7-14(2)17(8-13)26-19-12-30(28,29)11-18(19)25(20(26)27)10-15-4-3-5-16(9-15)21(22,23)24/h3-9,18-19H,10-12H2,1-2H3/t18-,19+/m0/s1. The number of benzene rings is 2. The minimum atomic E-state index is -4.49. The van der Waals surface area contributed by atoms with E-state index in [1.54, 1.807) is 0 Å². The molecule has 2 aliphatic rings. The molecule has 0 bridgehead atoms. The normalized spacial score (nSPS) is 23.2. The molecule has 9 heteroatoms. The van der Waals surface area contributed by atoms with Crippen LogP contribution in [0.4, 0.5) is 23.7 Å². The summed E-state index contributed by atoms with van der Waals surface area (Å²) in [4.78, 5) is 16.2. The molecule has 2 aromatic rings. The van der Waals surface area contributed by atoms with E-state index in [9.17, 15) is 26.4 Å². The van der Waals surface area contributed by atoms with Crippen LogP contribution in [-0.4, -0.2) is 42.9 Å². The predicted molar refractivity (Wildman–Crippen MR) is 107 cm³/mol. The zero-order valence-electron chi connectivity index (χ0n) is 16.5. The Hall–Kier alpha value is -2.55. The Morgan fingerprint density at radius 1 is 1.03 bits per heavy atom. The van der Waals surface area contributed by atoms with Gasteiger partial charge < -0.3 is 4.90 Å². The van der Waals surface area contributed by atoms with Gasteiger partial charge in [-0.05, 0) is 48.7 Å². The van der Waals surface area contributed by atoms with Gasteiger partial charge in [-0.1, -0.05) is 24.3 Å². The van der Waals surface area contributed by atoms with Crippen LogP contribution in [0.2, 0.25) is 0 Å². The van der Waals surface area contributed by atoms with Crippen LogP contribution in [-0.2, 0) is 22.6 Å². The molecule has 0 aromatic heterocycles. The highest BCUT2D eigenvalue weighted by atomic mass is 32.2. The van der Waals surface area contributed by atoms with Gasteiger partial charge in [-0.25, -0.2) is 13.2 Å². The summed E-state index contributed by atoms with van der Waals surface area (Å²) in [6.07, 6.45) is -4.49. The van der Waals surface area contributed by atoms with E-state index in [0.29, 0.717) is 11.3 Å². The Kier molecular flexibility index (Phi) is 4.84. The van der Waals surface area contributed by atoms with Crippen LogP contribution in [0.1, 0.15) is 22.3 Å². The molecule has 0 saturated carbocycles. The van der Waals surface area contributed by atoms with Gasteiger partial charge in [0.1, 0.15) is 0 Å². The van der Waals surface area contributed by atoms with E-state index in [4.69, 9.17) is 0 Å². The van der Waals surface area contributed by atoms with E-state index in [2.05, 4.69) is 0 Å². The number of aryl methyl sites for hydroxylation is 2. The minimum absolute atomic E-state index is 0.0825. The first kappa shape index (κ1) is 20.7. The first-order valence-corrected chi connectivity index (χ1v) is 11.3. The van der Waals surface area contributed by atoms with Gasteiger partial charge in [-0.15, -0.1) is 0 Å². The fourth-order valence-electron chi connectivity index (χ4n) is 4.27. The van der Waals surface area contributed by atoms with Crippen molar-refractivity contribution in [3.8, 4) is 0 Å². The number of alkyl halides is 3. The van der Waals surface area contributed by atoms with E-state index in [1.807, 2.05) is 32.0 Å². The molecular formula is C21H21F3N2O3S. The van der Waals surface area contributed by atoms with Gasteiger partial charge in [0, 0.05) is 12.2 Å². The van der Waals surface area contributed by atoms with Gasteiger partial charge in [0.2, 0.25) is 0 Å². The number of fused-ring (bicyclic) bond motifs is 1. The number of sulfone groups is 1. The summed E-state index contributed by atoms with van der Waals surface area (Å²) in [6, 6.07) is 8.85. The second kappa shape index (κ2) is 7.01. The summed E-state index contributed by atoms with van der Waals surface area (Å²) in [5, 5.41) is 0. The van der Waals surface area contributed by atoms with Crippen molar-refractivity contribution in [2.75, 3.05) is 16.4 Å². The smallest absolute Gasteiger partial charge is 0.314 e. The monoisotopic (exact) mass is 438 g/mol. The molecule has 0 unspecified atom stereocenters. The van der Waals surface area contributed by atoms with Gasteiger partial charge in [-0.3, -0.25) is 4.90 Å². The number of carbonyl (C=O) groups excluding carboxylic acids is 1. The molecule has 2 saturated heterocycles. The van der Waals surface area contributed by atoms with Gasteiger partial charge in [0.15, 0.2) is 9.84 Å². The van der Waals surface area contributed by atoms with Gasteiger partial charge >= 0.3 is 12.2 Å². The van der Waals surface area contributed by atoms with Crippen molar-refractivity contribution in [2.24, 2.45) is 0 Å². The number of amides is 2. The molecule has 2 aliphatic heterocycles. The van der Waals surface area contributed by atoms with Crippen LogP contribution in [0.15, 0.2) is 42.5 Å². The van der Waals surface area contributed by atoms with Crippen LogP contribution in [0, 0.1) is 13.8 Å². The maximum absolute atomic E-state index is 13.3. The molecule has 2 fully saturated rings. The van der Waals surface area contributed by atoms with E-state index in [0.717, 1.165) is 23.3 Å². The van der Waals surface area contributed by atoms with Crippen molar-refractivity contribution in [3.05, 3.63) is 64.7 Å². The summed E-state index contributed by atoms with van der Waals surface area (Å²) in [6.45, 7) is 3.64. The maximum atomic E-state index is 13.3. The Morgan fingerprint density at radius 3 is 2.43 bits per heavy atom. The molecule has 2 atom stereocenters. The lowest BCUT2D eigenvalue weighted by Crippen LogP contribution is -2.38. The van der Waals surface area contributed by atoms with E-state index >= 15 is 0 Å². The van der Waals surface area contributed by atoms with E-state index in [-0.39, 0.29) is 24.1 Å². The zero-order chi connectivity index (χ0) is 21.8. The van der Waals surface area contributed by atoms with Crippen molar-refractivity contribution < 1.29 is 26.4 Å². The van der Waals surface area contributed by atoms with Crippen LogP contribution in [0.25, 0.3) is 0 Å². The van der Waals surface area contributed by atoms with Crippen molar-refractivity contribution in [3.63, 3.8) is 0 Å². The van der Waals surface area contributed by atoms with Crippen molar-refractivity contribution in [1.82, 2.24) is 4.90 Å². The van der Waals surface area contributed by atoms with Crippen LogP contribution >= 0.6 is 0 Å². The second-order valence-corrected chi connectivity index (χ2v) is 10.1. The molecule has 0 spiro atoms. The highest BCUT2D eigenvalue weighted by molar-refractivity contribution is 7.91. The third kappa shape index (κ3) is 3.66. The number of halogens is 3. The van der Waals surface area contributed by atoms with Gasteiger partial charge in [0.25, 0.3) is 0 Å². The third-order valence-electron chi connectivity index (χ3n) is 5.71. The number of hydrogen-bond donors (Lipinski definition) is 0. The third-order valence-corrected chi connectivity index (χ3v) is 7.41. The van der Waals surface area contributed by atoms with E-state index < -0.39 is 33.7 Å². The SMILES string of the molecule is Cc1ccc(C)c(N2C(=O)N(Cc3cccc(C(F)(F)F)c3)[C@H]3CS(=O)(=O)C[C@H]32)c1. The number of urea groups is 1. The number of rotatable bonds is 3. The van der Waals surface area contributed by atoms with Crippen LogP contribution in [0.5, 0.6) is 0 Å². The summed E-state index contributed by atoms with van der Waals surface area (Å²) >= 11 is 0. The van der Waals surface area contributed by atoms with E-state index in [1.165, 1.54) is 21.9 Å². The number of anilines is 1. The van der Waals surface area contributed by atoms with Crippen LogP contribution < -0.4 is 4.90 Å².